The number of carbonyl (C=O) groups excluding carboxylic acids is 1. The van der Waals surface area contributed by atoms with Crippen molar-refractivity contribution in [2.75, 3.05) is 0 Å². The van der Waals surface area contributed by atoms with Crippen molar-refractivity contribution in [3.05, 3.63) is 77.4 Å². The third kappa shape index (κ3) is 1.78. The zero-order chi connectivity index (χ0) is 15.1. The Hall–Kier alpha value is -3.14. The van der Waals surface area contributed by atoms with E-state index in [1.807, 2.05) is 60.7 Å². The quantitative estimate of drug-likeness (QED) is 0.783. The Labute approximate surface area is 126 Å². The molecule has 4 heteroatoms. The lowest BCUT2D eigenvalue weighted by molar-refractivity contribution is 0.101. The van der Waals surface area contributed by atoms with Crippen molar-refractivity contribution in [1.29, 1.82) is 0 Å². The van der Waals surface area contributed by atoms with Gasteiger partial charge in [-0.2, -0.15) is 0 Å². The van der Waals surface area contributed by atoms with Crippen molar-refractivity contribution in [3.8, 4) is 17.3 Å². The SMILES string of the molecule is O=C1N=C(c2ccccc2)c2c(O)oc(-c3ccccc3)c21. The Morgan fingerprint density at radius 1 is 0.818 bits per heavy atom. The molecule has 0 saturated heterocycles. The third-order valence-electron chi connectivity index (χ3n) is 3.64. The maximum Gasteiger partial charge on any atom is 0.293 e. The molecule has 1 aliphatic rings. The predicted octanol–water partition coefficient (Wildman–Crippen LogP) is 3.64. The Bertz CT molecular complexity index is 893. The van der Waals surface area contributed by atoms with E-state index in [1.165, 1.54) is 0 Å². The van der Waals surface area contributed by atoms with Crippen LogP contribution in [0.3, 0.4) is 0 Å². The summed E-state index contributed by atoms with van der Waals surface area (Å²) in [6.07, 6.45) is 0. The molecular weight excluding hydrogens is 278 g/mol. The molecule has 1 N–H and O–H groups in total. The second-order valence-corrected chi connectivity index (χ2v) is 4.98. The fourth-order valence-electron chi connectivity index (χ4n) is 2.65. The predicted molar refractivity (Wildman–Crippen MR) is 82.2 cm³/mol. The van der Waals surface area contributed by atoms with Crippen molar-refractivity contribution in [2.45, 2.75) is 0 Å². The van der Waals surface area contributed by atoms with E-state index in [4.69, 9.17) is 4.42 Å². The van der Waals surface area contributed by atoms with Crippen molar-refractivity contribution < 1.29 is 14.3 Å². The van der Waals surface area contributed by atoms with Gasteiger partial charge in [0.15, 0.2) is 5.76 Å². The molecule has 1 aromatic heterocycles. The van der Waals surface area contributed by atoms with Crippen LogP contribution in [0.2, 0.25) is 0 Å². The topological polar surface area (TPSA) is 62.8 Å². The number of rotatable bonds is 2. The zero-order valence-corrected chi connectivity index (χ0v) is 11.5. The third-order valence-corrected chi connectivity index (χ3v) is 3.64. The summed E-state index contributed by atoms with van der Waals surface area (Å²) in [5.41, 5.74) is 2.64. The van der Waals surface area contributed by atoms with Crippen molar-refractivity contribution in [1.82, 2.24) is 0 Å². The van der Waals surface area contributed by atoms with Crippen LogP contribution in [-0.4, -0.2) is 16.7 Å². The summed E-state index contributed by atoms with van der Waals surface area (Å²) in [5, 5.41) is 10.2. The number of furan rings is 1. The molecule has 1 amide bonds. The number of nitrogens with zero attached hydrogens (tertiary/aromatic N) is 1. The first-order valence-electron chi connectivity index (χ1n) is 6.85. The average molecular weight is 289 g/mol. The van der Waals surface area contributed by atoms with Crippen LogP contribution in [0.25, 0.3) is 11.3 Å². The minimum absolute atomic E-state index is 0.276. The molecule has 3 aromatic rings. The van der Waals surface area contributed by atoms with Crippen LogP contribution in [0.1, 0.15) is 21.5 Å². The molecule has 0 atom stereocenters. The summed E-state index contributed by atoms with van der Waals surface area (Å²) in [6.45, 7) is 0. The van der Waals surface area contributed by atoms with E-state index in [0.29, 0.717) is 22.6 Å². The van der Waals surface area contributed by atoms with Crippen LogP contribution in [0.4, 0.5) is 0 Å². The van der Waals surface area contributed by atoms with Crippen LogP contribution in [0.15, 0.2) is 70.1 Å². The molecule has 2 heterocycles. The Balaban J connectivity index is 1.92. The van der Waals surface area contributed by atoms with E-state index >= 15 is 0 Å². The molecule has 2 aromatic carbocycles. The first-order valence-corrected chi connectivity index (χ1v) is 6.85. The highest BCUT2D eigenvalue weighted by Crippen LogP contribution is 2.40. The normalized spacial score (nSPS) is 13.1. The molecule has 4 nitrogen and oxygen atoms in total. The van der Waals surface area contributed by atoms with Gasteiger partial charge in [0.25, 0.3) is 11.9 Å². The molecule has 0 saturated carbocycles. The summed E-state index contributed by atoms with van der Waals surface area (Å²) in [4.78, 5) is 16.4. The Morgan fingerprint density at radius 3 is 2.05 bits per heavy atom. The second-order valence-electron chi connectivity index (χ2n) is 4.98. The average Bonchev–Trinajstić information content (AvgIpc) is 3.09. The van der Waals surface area contributed by atoms with E-state index in [9.17, 15) is 9.90 Å². The molecule has 0 fully saturated rings. The smallest absolute Gasteiger partial charge is 0.293 e. The maximum atomic E-state index is 12.3. The van der Waals surface area contributed by atoms with Gasteiger partial charge in [0, 0.05) is 11.1 Å². The van der Waals surface area contributed by atoms with Gasteiger partial charge in [0.05, 0.1) is 11.3 Å². The number of fused-ring (bicyclic) bond motifs is 1. The summed E-state index contributed by atoms with van der Waals surface area (Å²) < 4.78 is 5.45. The van der Waals surface area contributed by atoms with Crippen molar-refractivity contribution >= 4 is 11.6 Å². The highest BCUT2D eigenvalue weighted by atomic mass is 16.5. The van der Waals surface area contributed by atoms with Gasteiger partial charge in [-0.05, 0) is 0 Å². The first kappa shape index (κ1) is 12.6. The van der Waals surface area contributed by atoms with Gasteiger partial charge in [-0.15, -0.1) is 0 Å². The number of amides is 1. The van der Waals surface area contributed by atoms with E-state index < -0.39 is 5.91 Å². The van der Waals surface area contributed by atoms with Crippen molar-refractivity contribution in [3.63, 3.8) is 0 Å². The molecule has 22 heavy (non-hydrogen) atoms. The lowest BCUT2D eigenvalue weighted by Crippen LogP contribution is -1.98. The molecule has 0 unspecified atom stereocenters. The van der Waals surface area contributed by atoms with Gasteiger partial charge in [0.1, 0.15) is 5.56 Å². The largest absolute Gasteiger partial charge is 0.480 e. The van der Waals surface area contributed by atoms with Gasteiger partial charge >= 0.3 is 0 Å². The van der Waals surface area contributed by atoms with Gasteiger partial charge < -0.3 is 9.52 Å². The lowest BCUT2D eigenvalue weighted by Gasteiger charge is -1.99. The number of hydrogen-bond donors (Lipinski definition) is 1. The van der Waals surface area contributed by atoms with Gasteiger partial charge in [-0.1, -0.05) is 60.7 Å². The minimum Gasteiger partial charge on any atom is -0.480 e. The maximum absolute atomic E-state index is 12.3. The van der Waals surface area contributed by atoms with E-state index in [2.05, 4.69) is 4.99 Å². The number of benzene rings is 2. The molecule has 0 bridgehead atoms. The number of aromatic hydroxyl groups is 1. The number of hydrogen-bond acceptors (Lipinski definition) is 3. The Kier molecular flexibility index (Phi) is 2.69. The highest BCUT2D eigenvalue weighted by molar-refractivity contribution is 6.30. The first-order chi connectivity index (χ1) is 10.8. The summed E-state index contributed by atoms with van der Waals surface area (Å²) in [7, 11) is 0. The fraction of sp³-hybridized carbons (Fsp3) is 0. The highest BCUT2D eigenvalue weighted by Gasteiger charge is 2.35. The van der Waals surface area contributed by atoms with Gasteiger partial charge in [0.2, 0.25) is 0 Å². The molecule has 0 aliphatic carbocycles. The monoisotopic (exact) mass is 289 g/mol. The molecule has 0 radical (unpaired) electrons. The van der Waals surface area contributed by atoms with Gasteiger partial charge in [-0.3, -0.25) is 4.79 Å². The Morgan fingerprint density at radius 2 is 1.41 bits per heavy atom. The molecular formula is C18H11NO3. The second kappa shape index (κ2) is 4.70. The van der Waals surface area contributed by atoms with E-state index in [-0.39, 0.29) is 5.95 Å². The number of aliphatic imine (C=N–C) groups is 1. The summed E-state index contributed by atoms with van der Waals surface area (Å²) >= 11 is 0. The summed E-state index contributed by atoms with van der Waals surface area (Å²) in [6, 6.07) is 18.5. The molecule has 0 spiro atoms. The van der Waals surface area contributed by atoms with E-state index in [0.717, 1.165) is 11.1 Å². The van der Waals surface area contributed by atoms with Crippen LogP contribution in [-0.2, 0) is 0 Å². The molecule has 106 valence electrons. The minimum atomic E-state index is -0.392. The van der Waals surface area contributed by atoms with Crippen LogP contribution < -0.4 is 0 Å². The van der Waals surface area contributed by atoms with Crippen molar-refractivity contribution in [2.24, 2.45) is 4.99 Å². The van der Waals surface area contributed by atoms with Crippen LogP contribution in [0.5, 0.6) is 5.95 Å². The van der Waals surface area contributed by atoms with Gasteiger partial charge in [-0.25, -0.2) is 4.99 Å². The lowest BCUT2D eigenvalue weighted by atomic mass is 10.0. The summed E-state index contributed by atoms with van der Waals surface area (Å²) in [5.74, 6) is -0.313. The molecule has 1 aliphatic heterocycles. The van der Waals surface area contributed by atoms with Crippen LogP contribution in [0, 0.1) is 0 Å². The standard InChI is InChI=1S/C18H11NO3/c20-17-14-13(15(19-17)11-7-3-1-4-8-11)18(21)22-16(14)12-9-5-2-6-10-12/h1-10,21H. The molecule has 4 rings (SSSR count). The number of carbonyl (C=O) groups is 1. The fourth-order valence-corrected chi connectivity index (χ4v) is 2.65. The van der Waals surface area contributed by atoms with E-state index in [1.54, 1.807) is 0 Å². The zero-order valence-electron chi connectivity index (χ0n) is 11.5. The van der Waals surface area contributed by atoms with Crippen LogP contribution >= 0.6 is 0 Å².